The molecular weight excluding hydrogens is 244 g/mol. The normalized spacial score (nSPS) is 19.9. The summed E-state index contributed by atoms with van der Waals surface area (Å²) < 4.78 is 0. The van der Waals surface area contributed by atoms with Crippen LogP contribution in [0.2, 0.25) is 0 Å². The first kappa shape index (κ1) is 11.6. The van der Waals surface area contributed by atoms with Crippen molar-refractivity contribution in [2.75, 3.05) is 0 Å². The van der Waals surface area contributed by atoms with Gasteiger partial charge in [0, 0.05) is 17.9 Å². The average molecular weight is 254 g/mol. The second-order valence-electron chi connectivity index (χ2n) is 3.65. The van der Waals surface area contributed by atoms with Gasteiger partial charge in [-0.1, -0.05) is 0 Å². The molecule has 2 heterocycles. The van der Waals surface area contributed by atoms with Gasteiger partial charge >= 0.3 is 0 Å². The number of aromatic hydroxyl groups is 1. The van der Waals surface area contributed by atoms with Gasteiger partial charge in [-0.25, -0.2) is 0 Å². The highest BCUT2D eigenvalue weighted by molar-refractivity contribution is 7.12. The number of carbonyl (C=O) groups is 3. The van der Waals surface area contributed by atoms with Crippen molar-refractivity contribution in [3.05, 3.63) is 16.3 Å². The van der Waals surface area contributed by atoms with Crippen molar-refractivity contribution in [1.29, 1.82) is 0 Å². The van der Waals surface area contributed by atoms with E-state index in [-0.39, 0.29) is 18.1 Å². The van der Waals surface area contributed by atoms with Gasteiger partial charge in [-0.2, -0.15) is 0 Å². The van der Waals surface area contributed by atoms with Gasteiger partial charge in [-0.05, 0) is 6.42 Å². The number of rotatable bonds is 2. The van der Waals surface area contributed by atoms with Gasteiger partial charge in [0.05, 0.1) is 4.88 Å². The summed E-state index contributed by atoms with van der Waals surface area (Å²) in [5.74, 6) is -1.22. The molecule has 1 fully saturated rings. The Kier molecular flexibility index (Phi) is 3.10. The van der Waals surface area contributed by atoms with Crippen molar-refractivity contribution >= 4 is 29.1 Å². The minimum Gasteiger partial charge on any atom is -0.507 e. The molecule has 1 aliphatic heterocycles. The van der Waals surface area contributed by atoms with Crippen molar-refractivity contribution in [2.24, 2.45) is 0 Å². The van der Waals surface area contributed by atoms with Crippen LogP contribution in [-0.4, -0.2) is 28.9 Å². The minimum absolute atomic E-state index is 0.0171. The zero-order valence-corrected chi connectivity index (χ0v) is 9.54. The highest BCUT2D eigenvalue weighted by Gasteiger charge is 2.28. The largest absolute Gasteiger partial charge is 0.507 e. The third-order valence-corrected chi connectivity index (χ3v) is 3.27. The third-order valence-electron chi connectivity index (χ3n) is 2.35. The van der Waals surface area contributed by atoms with Crippen LogP contribution < -0.4 is 10.6 Å². The Hall–Kier alpha value is -1.89. The summed E-state index contributed by atoms with van der Waals surface area (Å²) in [7, 11) is 0. The van der Waals surface area contributed by atoms with Gasteiger partial charge in [0.25, 0.3) is 5.91 Å². The van der Waals surface area contributed by atoms with E-state index in [2.05, 4.69) is 10.6 Å². The van der Waals surface area contributed by atoms with Gasteiger partial charge < -0.3 is 10.4 Å². The molecule has 0 bridgehead atoms. The molecule has 0 aliphatic carbocycles. The maximum Gasteiger partial charge on any atom is 0.262 e. The molecule has 7 heteroatoms. The highest BCUT2D eigenvalue weighted by atomic mass is 32.1. The predicted octanol–water partition coefficient (Wildman–Crippen LogP) is -0.0113. The Balaban J connectivity index is 1.99. The number of carbonyl (C=O) groups excluding carboxylic acids is 3. The van der Waals surface area contributed by atoms with Crippen LogP contribution in [0, 0.1) is 0 Å². The SMILES string of the molecule is O=C1CCC(NC(=O)c2cc(O)cs2)C(=O)N1. The van der Waals surface area contributed by atoms with E-state index >= 15 is 0 Å². The highest BCUT2D eigenvalue weighted by Crippen LogP contribution is 2.20. The average Bonchev–Trinajstić information content (AvgIpc) is 2.69. The van der Waals surface area contributed by atoms with Crippen molar-refractivity contribution in [3.8, 4) is 5.75 Å². The van der Waals surface area contributed by atoms with Crippen molar-refractivity contribution < 1.29 is 19.5 Å². The molecule has 6 nitrogen and oxygen atoms in total. The molecule has 17 heavy (non-hydrogen) atoms. The Morgan fingerprint density at radius 2 is 2.29 bits per heavy atom. The predicted molar refractivity (Wildman–Crippen MR) is 59.6 cm³/mol. The summed E-state index contributed by atoms with van der Waals surface area (Å²) in [5, 5.41) is 15.2. The van der Waals surface area contributed by atoms with Crippen LogP contribution in [0.1, 0.15) is 22.5 Å². The number of piperidine rings is 1. The molecular formula is C10H10N2O4S. The number of nitrogens with one attached hydrogen (secondary N) is 2. The number of thiophene rings is 1. The first-order chi connectivity index (χ1) is 8.06. The monoisotopic (exact) mass is 254 g/mol. The van der Waals surface area contributed by atoms with Gasteiger partial charge in [-0.3, -0.25) is 19.7 Å². The third kappa shape index (κ3) is 2.62. The van der Waals surface area contributed by atoms with E-state index in [4.69, 9.17) is 5.11 Å². The molecule has 1 aliphatic rings. The molecule has 1 unspecified atom stereocenters. The van der Waals surface area contributed by atoms with Gasteiger partial charge in [0.15, 0.2) is 0 Å². The van der Waals surface area contributed by atoms with E-state index < -0.39 is 17.9 Å². The Bertz CT molecular complexity index is 482. The quantitative estimate of drug-likeness (QED) is 0.647. The molecule has 1 aromatic heterocycles. The molecule has 3 N–H and O–H groups in total. The number of hydrogen-bond donors (Lipinski definition) is 3. The first-order valence-electron chi connectivity index (χ1n) is 4.98. The Morgan fingerprint density at radius 1 is 1.53 bits per heavy atom. The van der Waals surface area contributed by atoms with Crippen molar-refractivity contribution in [2.45, 2.75) is 18.9 Å². The summed E-state index contributed by atoms with van der Waals surface area (Å²) >= 11 is 1.09. The van der Waals surface area contributed by atoms with Crippen LogP contribution in [0.3, 0.4) is 0 Å². The lowest BCUT2D eigenvalue weighted by molar-refractivity contribution is -0.134. The maximum absolute atomic E-state index is 11.7. The molecule has 0 radical (unpaired) electrons. The van der Waals surface area contributed by atoms with E-state index in [0.717, 1.165) is 11.3 Å². The maximum atomic E-state index is 11.7. The summed E-state index contributed by atoms with van der Waals surface area (Å²) in [6.07, 6.45) is 0.514. The number of imide groups is 1. The smallest absolute Gasteiger partial charge is 0.262 e. The molecule has 2 rings (SSSR count). The summed E-state index contributed by atoms with van der Waals surface area (Å²) in [4.78, 5) is 34.3. The lowest BCUT2D eigenvalue weighted by Crippen LogP contribution is -2.52. The second kappa shape index (κ2) is 4.54. The summed E-state index contributed by atoms with van der Waals surface area (Å²) in [6, 6.07) is 0.635. The number of amides is 3. The minimum atomic E-state index is -0.690. The topological polar surface area (TPSA) is 95.5 Å². The van der Waals surface area contributed by atoms with Crippen LogP contribution in [0.15, 0.2) is 11.4 Å². The van der Waals surface area contributed by atoms with Crippen LogP contribution in [0.25, 0.3) is 0 Å². The number of hydrogen-bond acceptors (Lipinski definition) is 5. The molecule has 1 aromatic rings. The fraction of sp³-hybridized carbons (Fsp3) is 0.300. The molecule has 0 spiro atoms. The van der Waals surface area contributed by atoms with Gasteiger partial charge in [0.1, 0.15) is 11.8 Å². The van der Waals surface area contributed by atoms with Crippen LogP contribution in [0.4, 0.5) is 0 Å². The molecule has 90 valence electrons. The summed E-state index contributed by atoms with van der Waals surface area (Å²) in [5.41, 5.74) is 0. The molecule has 0 saturated carbocycles. The zero-order valence-electron chi connectivity index (χ0n) is 8.73. The van der Waals surface area contributed by atoms with E-state index in [1.807, 2.05) is 0 Å². The lowest BCUT2D eigenvalue weighted by atomic mass is 10.1. The first-order valence-corrected chi connectivity index (χ1v) is 5.86. The Labute approximate surface area is 101 Å². The van der Waals surface area contributed by atoms with Crippen molar-refractivity contribution in [3.63, 3.8) is 0 Å². The van der Waals surface area contributed by atoms with Crippen LogP contribution >= 0.6 is 11.3 Å². The molecule has 0 aromatic carbocycles. The lowest BCUT2D eigenvalue weighted by Gasteiger charge is -2.21. The molecule has 3 amide bonds. The van der Waals surface area contributed by atoms with Crippen molar-refractivity contribution in [1.82, 2.24) is 10.6 Å². The summed E-state index contributed by atoms with van der Waals surface area (Å²) in [6.45, 7) is 0. The fourth-order valence-corrected chi connectivity index (χ4v) is 2.18. The van der Waals surface area contributed by atoms with E-state index in [9.17, 15) is 14.4 Å². The van der Waals surface area contributed by atoms with E-state index in [0.29, 0.717) is 11.3 Å². The van der Waals surface area contributed by atoms with Gasteiger partial charge in [0.2, 0.25) is 11.8 Å². The Morgan fingerprint density at radius 3 is 2.88 bits per heavy atom. The van der Waals surface area contributed by atoms with E-state index in [1.165, 1.54) is 11.4 Å². The van der Waals surface area contributed by atoms with Crippen LogP contribution in [0.5, 0.6) is 5.75 Å². The fourth-order valence-electron chi connectivity index (χ4n) is 1.51. The molecule has 1 saturated heterocycles. The van der Waals surface area contributed by atoms with E-state index in [1.54, 1.807) is 0 Å². The van der Waals surface area contributed by atoms with Gasteiger partial charge in [-0.15, -0.1) is 11.3 Å². The standard InChI is InChI=1S/C10H10N2O4S/c13-5-3-7(17-4-5)10(16)11-6-1-2-8(14)12-9(6)15/h3-4,6,13H,1-2H2,(H,11,16)(H,12,14,15). The zero-order chi connectivity index (χ0) is 12.4. The molecule has 1 atom stereocenters. The second-order valence-corrected chi connectivity index (χ2v) is 4.56. The van der Waals surface area contributed by atoms with Crippen LogP contribution in [-0.2, 0) is 9.59 Å².